The van der Waals surface area contributed by atoms with E-state index in [-0.39, 0.29) is 5.57 Å². The van der Waals surface area contributed by atoms with Crippen LogP contribution in [0.2, 0.25) is 0 Å². The Balaban J connectivity index is 2.60. The molecule has 0 spiro atoms. The quantitative estimate of drug-likeness (QED) is 0.326. The van der Waals surface area contributed by atoms with E-state index in [1.54, 1.807) is 31.4 Å². The van der Waals surface area contributed by atoms with Crippen LogP contribution in [0.15, 0.2) is 36.0 Å². The van der Waals surface area contributed by atoms with Gasteiger partial charge in [-0.2, -0.15) is 5.26 Å². The summed E-state index contributed by atoms with van der Waals surface area (Å²) in [5, 5.41) is 14.5. The van der Waals surface area contributed by atoms with E-state index in [1.165, 1.54) is 13.3 Å². The molecule has 0 fully saturated rings. The standard InChI is InChI=1S/C16H19N3O4/c1-22-9-3-8-18-15(20)13(10-17)11-19-14-6-4-12(5-7-14)16(21)23-2/h4-7,11,19H,3,8-9H2,1-2H3,(H,18,20)/b13-11-. The zero-order chi connectivity index (χ0) is 17.1. The van der Waals surface area contributed by atoms with E-state index >= 15 is 0 Å². The van der Waals surface area contributed by atoms with Crippen molar-refractivity contribution in [2.45, 2.75) is 6.42 Å². The number of nitrogens with one attached hydrogen (secondary N) is 2. The van der Waals surface area contributed by atoms with Crippen LogP contribution in [0.4, 0.5) is 5.69 Å². The average Bonchev–Trinajstić information content (AvgIpc) is 2.59. The van der Waals surface area contributed by atoms with Crippen LogP contribution < -0.4 is 10.6 Å². The molecule has 2 N–H and O–H groups in total. The predicted molar refractivity (Wildman–Crippen MR) is 84.6 cm³/mol. The molecule has 0 atom stereocenters. The van der Waals surface area contributed by atoms with E-state index in [2.05, 4.69) is 15.4 Å². The van der Waals surface area contributed by atoms with Gasteiger partial charge in [-0.1, -0.05) is 0 Å². The molecule has 122 valence electrons. The Labute approximate surface area is 134 Å². The second kappa shape index (κ2) is 9.97. The van der Waals surface area contributed by atoms with Crippen LogP contribution >= 0.6 is 0 Å². The molecule has 0 radical (unpaired) electrons. The van der Waals surface area contributed by atoms with Gasteiger partial charge in [-0.05, 0) is 30.7 Å². The first-order chi connectivity index (χ1) is 11.1. The fourth-order valence-electron chi connectivity index (χ4n) is 1.64. The van der Waals surface area contributed by atoms with E-state index in [1.807, 2.05) is 6.07 Å². The third-order valence-electron chi connectivity index (χ3n) is 2.87. The molecular formula is C16H19N3O4. The molecule has 7 heteroatoms. The Kier molecular flexibility index (Phi) is 7.89. The zero-order valence-corrected chi connectivity index (χ0v) is 13.1. The first-order valence-corrected chi connectivity index (χ1v) is 6.94. The molecule has 1 aromatic carbocycles. The van der Waals surface area contributed by atoms with Gasteiger partial charge in [0.05, 0.1) is 12.7 Å². The van der Waals surface area contributed by atoms with Crippen LogP contribution in [0, 0.1) is 11.3 Å². The van der Waals surface area contributed by atoms with Crippen molar-refractivity contribution in [3.8, 4) is 6.07 Å². The monoisotopic (exact) mass is 317 g/mol. The highest BCUT2D eigenvalue weighted by atomic mass is 16.5. The molecule has 0 unspecified atom stereocenters. The fraction of sp³-hybridized carbons (Fsp3) is 0.312. The smallest absolute Gasteiger partial charge is 0.337 e. The Hall–Kier alpha value is -2.85. The van der Waals surface area contributed by atoms with Crippen molar-refractivity contribution >= 4 is 17.6 Å². The summed E-state index contributed by atoms with van der Waals surface area (Å²) in [5.74, 6) is -0.887. The summed E-state index contributed by atoms with van der Waals surface area (Å²) in [7, 11) is 2.89. The Morgan fingerprint density at radius 3 is 2.52 bits per heavy atom. The average molecular weight is 317 g/mol. The third kappa shape index (κ3) is 6.20. The number of hydrogen-bond acceptors (Lipinski definition) is 6. The van der Waals surface area contributed by atoms with E-state index in [0.29, 0.717) is 30.8 Å². The molecule has 7 nitrogen and oxygen atoms in total. The van der Waals surface area contributed by atoms with Crippen molar-refractivity contribution in [1.29, 1.82) is 5.26 Å². The lowest BCUT2D eigenvalue weighted by atomic mass is 10.2. The van der Waals surface area contributed by atoms with Crippen molar-refractivity contribution in [1.82, 2.24) is 5.32 Å². The lowest BCUT2D eigenvalue weighted by Gasteiger charge is -2.05. The summed E-state index contributed by atoms with van der Waals surface area (Å²) in [6.45, 7) is 0.968. The van der Waals surface area contributed by atoms with Gasteiger partial charge in [0.1, 0.15) is 11.6 Å². The number of hydrogen-bond donors (Lipinski definition) is 2. The molecule has 0 heterocycles. The third-order valence-corrected chi connectivity index (χ3v) is 2.87. The highest BCUT2D eigenvalue weighted by Gasteiger charge is 2.08. The number of nitriles is 1. The van der Waals surface area contributed by atoms with Crippen LogP contribution in [0.3, 0.4) is 0 Å². The molecule has 0 saturated heterocycles. The van der Waals surface area contributed by atoms with E-state index in [0.717, 1.165) is 0 Å². The molecule has 0 aliphatic carbocycles. The molecule has 0 aromatic heterocycles. The number of ether oxygens (including phenoxy) is 2. The van der Waals surface area contributed by atoms with Crippen LogP contribution in [-0.2, 0) is 14.3 Å². The summed E-state index contributed by atoms with van der Waals surface area (Å²) in [6.07, 6.45) is 1.99. The first-order valence-electron chi connectivity index (χ1n) is 6.94. The van der Waals surface area contributed by atoms with Gasteiger partial charge in [0, 0.05) is 32.1 Å². The lowest BCUT2D eigenvalue weighted by molar-refractivity contribution is -0.117. The van der Waals surface area contributed by atoms with Crippen LogP contribution in [0.5, 0.6) is 0 Å². The number of amides is 1. The summed E-state index contributed by atoms with van der Waals surface area (Å²) in [5.41, 5.74) is 1.01. The second-order valence-electron chi connectivity index (χ2n) is 4.49. The highest BCUT2D eigenvalue weighted by Crippen LogP contribution is 2.11. The minimum Gasteiger partial charge on any atom is -0.465 e. The van der Waals surface area contributed by atoms with Crippen LogP contribution in [0.25, 0.3) is 0 Å². The van der Waals surface area contributed by atoms with Gasteiger partial charge in [-0.15, -0.1) is 0 Å². The number of carbonyl (C=O) groups is 2. The minimum absolute atomic E-state index is 0.0422. The number of methoxy groups -OCH3 is 2. The normalized spacial score (nSPS) is 10.6. The fourth-order valence-corrected chi connectivity index (χ4v) is 1.64. The topological polar surface area (TPSA) is 100 Å². The maximum absolute atomic E-state index is 11.8. The van der Waals surface area contributed by atoms with Gasteiger partial charge in [0.2, 0.25) is 0 Å². The largest absolute Gasteiger partial charge is 0.465 e. The van der Waals surface area contributed by atoms with Gasteiger partial charge in [0.25, 0.3) is 5.91 Å². The van der Waals surface area contributed by atoms with Crippen LogP contribution in [0.1, 0.15) is 16.8 Å². The molecule has 0 aliphatic rings. The number of carbonyl (C=O) groups excluding carboxylic acids is 2. The van der Waals surface area contributed by atoms with Crippen molar-refractivity contribution < 1.29 is 19.1 Å². The second-order valence-corrected chi connectivity index (χ2v) is 4.49. The van der Waals surface area contributed by atoms with Crippen LogP contribution in [-0.4, -0.2) is 39.2 Å². The van der Waals surface area contributed by atoms with Crippen molar-refractivity contribution in [2.24, 2.45) is 0 Å². The van der Waals surface area contributed by atoms with E-state index in [9.17, 15) is 9.59 Å². The molecule has 23 heavy (non-hydrogen) atoms. The Morgan fingerprint density at radius 1 is 1.26 bits per heavy atom. The number of anilines is 1. The van der Waals surface area contributed by atoms with Crippen molar-refractivity contribution in [3.05, 3.63) is 41.6 Å². The SMILES string of the molecule is COCCCNC(=O)/C(C#N)=C\Nc1ccc(C(=O)OC)cc1. The van der Waals surface area contributed by atoms with Gasteiger partial charge in [-0.3, -0.25) is 4.79 Å². The van der Waals surface area contributed by atoms with Crippen molar-refractivity contribution in [3.63, 3.8) is 0 Å². The maximum Gasteiger partial charge on any atom is 0.337 e. The van der Waals surface area contributed by atoms with Gasteiger partial charge < -0.3 is 20.1 Å². The van der Waals surface area contributed by atoms with E-state index < -0.39 is 11.9 Å². The first kappa shape index (κ1) is 18.2. The maximum atomic E-state index is 11.8. The van der Waals surface area contributed by atoms with Crippen molar-refractivity contribution in [2.75, 3.05) is 32.7 Å². The lowest BCUT2D eigenvalue weighted by Crippen LogP contribution is -2.26. The highest BCUT2D eigenvalue weighted by molar-refractivity contribution is 5.97. The van der Waals surface area contributed by atoms with Gasteiger partial charge >= 0.3 is 5.97 Å². The van der Waals surface area contributed by atoms with E-state index in [4.69, 9.17) is 10.00 Å². The zero-order valence-electron chi connectivity index (χ0n) is 13.1. The number of esters is 1. The summed E-state index contributed by atoms with van der Waals surface area (Å²) in [6, 6.07) is 8.29. The molecule has 1 aromatic rings. The van der Waals surface area contributed by atoms with Gasteiger partial charge in [0.15, 0.2) is 0 Å². The minimum atomic E-state index is -0.456. The summed E-state index contributed by atoms with van der Waals surface area (Å²) >= 11 is 0. The number of benzene rings is 1. The molecule has 0 bridgehead atoms. The molecular weight excluding hydrogens is 298 g/mol. The Morgan fingerprint density at radius 2 is 1.96 bits per heavy atom. The molecule has 0 aliphatic heterocycles. The number of rotatable bonds is 8. The molecule has 1 amide bonds. The van der Waals surface area contributed by atoms with Gasteiger partial charge in [-0.25, -0.2) is 4.79 Å². The molecule has 1 rings (SSSR count). The predicted octanol–water partition coefficient (Wildman–Crippen LogP) is 1.45. The summed E-state index contributed by atoms with van der Waals surface area (Å²) in [4.78, 5) is 23.1. The number of nitrogens with zero attached hydrogens (tertiary/aromatic N) is 1. The summed E-state index contributed by atoms with van der Waals surface area (Å²) < 4.78 is 9.48. The molecule has 0 saturated carbocycles. The Bertz CT molecular complexity index is 603.